The summed E-state index contributed by atoms with van der Waals surface area (Å²) in [5, 5.41) is 2.96. The van der Waals surface area contributed by atoms with Crippen LogP contribution in [0.1, 0.15) is 12.0 Å². The predicted molar refractivity (Wildman–Crippen MR) is 73.7 cm³/mol. The first kappa shape index (κ1) is 13.5. The van der Waals surface area contributed by atoms with Gasteiger partial charge in [-0.15, -0.1) is 0 Å². The summed E-state index contributed by atoms with van der Waals surface area (Å²) in [4.78, 5) is 25.3. The van der Waals surface area contributed by atoms with E-state index >= 15 is 0 Å². The molecule has 0 spiro atoms. The molecule has 1 heterocycles. The maximum Gasteiger partial charge on any atom is 0.228 e. The zero-order valence-corrected chi connectivity index (χ0v) is 11.1. The maximum atomic E-state index is 12.2. The first-order valence-corrected chi connectivity index (χ1v) is 6.45. The summed E-state index contributed by atoms with van der Waals surface area (Å²) in [6.07, 6.45) is 1.03. The first-order valence-electron chi connectivity index (χ1n) is 6.45. The van der Waals surface area contributed by atoms with Crippen LogP contribution in [0, 0.1) is 5.92 Å². The van der Waals surface area contributed by atoms with E-state index in [0.717, 1.165) is 11.3 Å². The summed E-state index contributed by atoms with van der Waals surface area (Å²) in [5.41, 5.74) is 7.31. The van der Waals surface area contributed by atoms with Gasteiger partial charge in [0, 0.05) is 25.2 Å². The molecule has 0 bridgehead atoms. The number of anilines is 1. The number of nitrogens with two attached hydrogens (primary N) is 1. The van der Waals surface area contributed by atoms with Gasteiger partial charge in [-0.3, -0.25) is 9.59 Å². The summed E-state index contributed by atoms with van der Waals surface area (Å²) in [7, 11) is 1.81. The molecule has 102 valence electrons. The lowest BCUT2D eigenvalue weighted by atomic mass is 9.92. The monoisotopic (exact) mass is 261 g/mol. The van der Waals surface area contributed by atoms with E-state index in [0.29, 0.717) is 25.9 Å². The number of amides is 2. The van der Waals surface area contributed by atoms with Crippen molar-refractivity contribution in [3.05, 3.63) is 29.8 Å². The number of rotatable bonds is 4. The average Bonchev–Trinajstić information content (AvgIpc) is 2.43. The molecule has 3 N–H and O–H groups in total. The van der Waals surface area contributed by atoms with Crippen molar-refractivity contribution in [2.45, 2.75) is 12.8 Å². The lowest BCUT2D eigenvalue weighted by molar-refractivity contribution is -0.122. The van der Waals surface area contributed by atoms with E-state index in [1.165, 1.54) is 0 Å². The average molecular weight is 261 g/mol. The Kier molecular flexibility index (Phi) is 4.16. The van der Waals surface area contributed by atoms with E-state index in [1.807, 2.05) is 31.3 Å². The molecule has 1 unspecified atom stereocenters. The number of primary amides is 1. The van der Waals surface area contributed by atoms with E-state index in [-0.39, 0.29) is 17.7 Å². The van der Waals surface area contributed by atoms with Crippen LogP contribution in [0.15, 0.2) is 24.3 Å². The fourth-order valence-electron chi connectivity index (χ4n) is 2.39. The molecule has 5 heteroatoms. The quantitative estimate of drug-likeness (QED) is 0.818. The van der Waals surface area contributed by atoms with Gasteiger partial charge in [-0.2, -0.15) is 0 Å². The second kappa shape index (κ2) is 5.84. The van der Waals surface area contributed by atoms with E-state index in [2.05, 4.69) is 5.32 Å². The third-order valence-corrected chi connectivity index (χ3v) is 3.44. The summed E-state index contributed by atoms with van der Waals surface area (Å²) >= 11 is 0. The van der Waals surface area contributed by atoms with Crippen LogP contribution in [0.4, 0.5) is 5.69 Å². The van der Waals surface area contributed by atoms with Gasteiger partial charge in [0.05, 0.1) is 5.92 Å². The van der Waals surface area contributed by atoms with Crippen molar-refractivity contribution in [3.63, 3.8) is 0 Å². The number of para-hydroxylation sites is 1. The molecule has 2 rings (SSSR count). The summed E-state index contributed by atoms with van der Waals surface area (Å²) in [5.74, 6) is -0.623. The molecular formula is C14H19N3O2. The van der Waals surface area contributed by atoms with Gasteiger partial charge in [0.25, 0.3) is 0 Å². The molecule has 1 aliphatic heterocycles. The second-order valence-electron chi connectivity index (χ2n) is 4.79. The Balaban J connectivity index is 2.26. The molecule has 5 nitrogen and oxygen atoms in total. The number of hydrogen-bond donors (Lipinski definition) is 2. The van der Waals surface area contributed by atoms with Crippen LogP contribution in [0.25, 0.3) is 0 Å². The summed E-state index contributed by atoms with van der Waals surface area (Å²) < 4.78 is 0. The standard InChI is InChI=1S/C14H19N3O2/c1-16-7-6-13(18)17-9-11(14(15)19)8-10-4-2-3-5-12(10)17/h2-5,11,16H,6-9H2,1H3,(H2,15,19). The van der Waals surface area contributed by atoms with E-state index in [1.54, 1.807) is 4.90 Å². The molecular weight excluding hydrogens is 242 g/mol. The van der Waals surface area contributed by atoms with Crippen LogP contribution in [-0.2, 0) is 16.0 Å². The van der Waals surface area contributed by atoms with Gasteiger partial charge in [0.1, 0.15) is 0 Å². The van der Waals surface area contributed by atoms with Crippen LogP contribution in [0.5, 0.6) is 0 Å². The van der Waals surface area contributed by atoms with Crippen molar-refractivity contribution in [2.24, 2.45) is 11.7 Å². The van der Waals surface area contributed by atoms with Crippen molar-refractivity contribution >= 4 is 17.5 Å². The highest BCUT2D eigenvalue weighted by Crippen LogP contribution is 2.29. The molecule has 1 atom stereocenters. The second-order valence-corrected chi connectivity index (χ2v) is 4.79. The van der Waals surface area contributed by atoms with Gasteiger partial charge < -0.3 is 16.0 Å². The van der Waals surface area contributed by atoms with Gasteiger partial charge in [0.15, 0.2) is 0 Å². The molecule has 0 saturated carbocycles. The number of nitrogens with one attached hydrogen (secondary N) is 1. The number of carbonyl (C=O) groups excluding carboxylic acids is 2. The van der Waals surface area contributed by atoms with Crippen molar-refractivity contribution in [1.82, 2.24) is 5.32 Å². The van der Waals surface area contributed by atoms with Crippen LogP contribution in [0.2, 0.25) is 0 Å². The van der Waals surface area contributed by atoms with Crippen molar-refractivity contribution in [2.75, 3.05) is 25.0 Å². The minimum Gasteiger partial charge on any atom is -0.369 e. The molecule has 2 amide bonds. The highest BCUT2D eigenvalue weighted by atomic mass is 16.2. The molecule has 0 radical (unpaired) electrons. The normalized spacial score (nSPS) is 17.9. The third kappa shape index (κ3) is 2.93. The van der Waals surface area contributed by atoms with Crippen molar-refractivity contribution < 1.29 is 9.59 Å². The minimum absolute atomic E-state index is 0.0211. The van der Waals surface area contributed by atoms with Crippen LogP contribution in [-0.4, -0.2) is 32.0 Å². The molecule has 0 aliphatic carbocycles. The van der Waals surface area contributed by atoms with Crippen LogP contribution < -0.4 is 16.0 Å². The van der Waals surface area contributed by atoms with E-state index < -0.39 is 0 Å². The lowest BCUT2D eigenvalue weighted by Gasteiger charge is -2.33. The zero-order valence-electron chi connectivity index (χ0n) is 11.1. The number of carbonyl (C=O) groups is 2. The predicted octanol–water partition coefficient (Wildman–Crippen LogP) is 0.287. The zero-order chi connectivity index (χ0) is 13.8. The Morgan fingerprint density at radius 1 is 1.42 bits per heavy atom. The van der Waals surface area contributed by atoms with Crippen molar-refractivity contribution in [1.29, 1.82) is 0 Å². The van der Waals surface area contributed by atoms with Gasteiger partial charge in [-0.25, -0.2) is 0 Å². The Morgan fingerprint density at radius 2 is 2.16 bits per heavy atom. The van der Waals surface area contributed by atoms with Crippen LogP contribution in [0.3, 0.4) is 0 Å². The topological polar surface area (TPSA) is 75.4 Å². The fourth-order valence-corrected chi connectivity index (χ4v) is 2.39. The Hall–Kier alpha value is -1.88. The molecule has 0 aromatic heterocycles. The summed E-state index contributed by atoms with van der Waals surface area (Å²) in [6.45, 7) is 1.01. The lowest BCUT2D eigenvalue weighted by Crippen LogP contribution is -2.45. The Morgan fingerprint density at radius 3 is 2.84 bits per heavy atom. The highest BCUT2D eigenvalue weighted by Gasteiger charge is 2.30. The van der Waals surface area contributed by atoms with Crippen LogP contribution >= 0.6 is 0 Å². The number of hydrogen-bond acceptors (Lipinski definition) is 3. The van der Waals surface area contributed by atoms with E-state index in [9.17, 15) is 9.59 Å². The molecule has 0 fully saturated rings. The van der Waals surface area contributed by atoms with Crippen molar-refractivity contribution in [3.8, 4) is 0 Å². The molecule has 1 aromatic carbocycles. The highest BCUT2D eigenvalue weighted by molar-refractivity contribution is 5.96. The number of nitrogens with zero attached hydrogens (tertiary/aromatic N) is 1. The Labute approximate surface area is 112 Å². The molecule has 1 aliphatic rings. The van der Waals surface area contributed by atoms with Gasteiger partial charge >= 0.3 is 0 Å². The van der Waals surface area contributed by atoms with Gasteiger partial charge in [0.2, 0.25) is 11.8 Å². The van der Waals surface area contributed by atoms with Gasteiger partial charge in [-0.05, 0) is 25.1 Å². The number of fused-ring (bicyclic) bond motifs is 1. The smallest absolute Gasteiger partial charge is 0.228 e. The summed E-state index contributed by atoms with van der Waals surface area (Å²) in [6, 6.07) is 7.69. The fraction of sp³-hybridized carbons (Fsp3) is 0.429. The minimum atomic E-state index is -0.346. The maximum absolute atomic E-state index is 12.2. The SMILES string of the molecule is CNCCC(=O)N1CC(C(N)=O)Cc2ccccc21. The molecule has 1 aromatic rings. The Bertz CT molecular complexity index is 487. The van der Waals surface area contributed by atoms with Gasteiger partial charge in [-0.1, -0.05) is 18.2 Å². The first-order chi connectivity index (χ1) is 9.13. The molecule has 19 heavy (non-hydrogen) atoms. The largest absolute Gasteiger partial charge is 0.369 e. The third-order valence-electron chi connectivity index (χ3n) is 3.44. The van der Waals surface area contributed by atoms with E-state index in [4.69, 9.17) is 5.73 Å². The number of benzene rings is 1. The molecule has 0 saturated heterocycles.